The van der Waals surface area contributed by atoms with Gasteiger partial charge in [-0.1, -0.05) is 6.92 Å². The molecule has 0 aliphatic carbocycles. The smallest absolute Gasteiger partial charge is 0.145 e. The second kappa shape index (κ2) is 5.24. The van der Waals surface area contributed by atoms with Crippen molar-refractivity contribution in [3.63, 3.8) is 0 Å². The van der Waals surface area contributed by atoms with E-state index in [1.54, 1.807) is 6.20 Å². The molecule has 6 heteroatoms. The van der Waals surface area contributed by atoms with Gasteiger partial charge < -0.3 is 10.6 Å². The van der Waals surface area contributed by atoms with E-state index in [4.69, 9.17) is 11.1 Å². The highest BCUT2D eigenvalue weighted by Crippen LogP contribution is 2.17. The van der Waals surface area contributed by atoms with E-state index in [0.29, 0.717) is 6.54 Å². The van der Waals surface area contributed by atoms with Crippen molar-refractivity contribution in [2.24, 2.45) is 11.7 Å². The zero-order valence-corrected chi connectivity index (χ0v) is 10.9. The van der Waals surface area contributed by atoms with Gasteiger partial charge in [-0.05, 0) is 22.6 Å². The first-order chi connectivity index (χ1) is 7.02. The molecule has 5 nitrogen and oxygen atoms in total. The van der Waals surface area contributed by atoms with Crippen molar-refractivity contribution in [2.75, 3.05) is 18.5 Å². The molecular weight excluding hydrogens is 305 g/mol. The van der Waals surface area contributed by atoms with Gasteiger partial charge in [0.05, 0.1) is 9.41 Å². The molecule has 82 valence electrons. The molecule has 0 amide bonds. The number of anilines is 1. The molecule has 1 unspecified atom stereocenters. The van der Waals surface area contributed by atoms with Gasteiger partial charge in [0.25, 0.3) is 0 Å². The minimum Gasteiger partial charge on any atom is -0.387 e. The van der Waals surface area contributed by atoms with E-state index in [1.807, 2.05) is 18.9 Å². The van der Waals surface area contributed by atoms with Crippen LogP contribution in [0.1, 0.15) is 6.92 Å². The Morgan fingerprint density at radius 2 is 2.40 bits per heavy atom. The number of hydrogen-bond donors (Lipinski definition) is 2. The van der Waals surface area contributed by atoms with Crippen molar-refractivity contribution < 1.29 is 0 Å². The molecule has 0 aliphatic heterocycles. The average Bonchev–Trinajstić information content (AvgIpc) is 2.18. The quantitative estimate of drug-likeness (QED) is 0.495. The number of hydrogen-bond acceptors (Lipinski definition) is 4. The highest BCUT2D eigenvalue weighted by molar-refractivity contribution is 14.1. The molecule has 0 spiro atoms. The van der Waals surface area contributed by atoms with Crippen LogP contribution in [0.25, 0.3) is 0 Å². The zero-order valence-electron chi connectivity index (χ0n) is 8.74. The summed E-state index contributed by atoms with van der Waals surface area (Å²) in [7, 11) is 1.93. The van der Waals surface area contributed by atoms with Crippen LogP contribution >= 0.6 is 22.6 Å². The third-order valence-corrected chi connectivity index (χ3v) is 2.85. The van der Waals surface area contributed by atoms with Crippen LogP contribution in [0.15, 0.2) is 12.5 Å². The number of amidine groups is 1. The van der Waals surface area contributed by atoms with E-state index in [1.165, 1.54) is 6.33 Å². The van der Waals surface area contributed by atoms with E-state index >= 15 is 0 Å². The van der Waals surface area contributed by atoms with Gasteiger partial charge >= 0.3 is 0 Å². The summed E-state index contributed by atoms with van der Waals surface area (Å²) >= 11 is 2.19. The molecule has 15 heavy (non-hydrogen) atoms. The fourth-order valence-corrected chi connectivity index (χ4v) is 1.89. The Morgan fingerprint density at radius 3 is 2.93 bits per heavy atom. The number of nitrogens with two attached hydrogens (primary N) is 1. The first-order valence-electron chi connectivity index (χ1n) is 4.53. The van der Waals surface area contributed by atoms with Crippen LogP contribution < -0.4 is 10.6 Å². The van der Waals surface area contributed by atoms with E-state index in [9.17, 15) is 0 Å². The minimum absolute atomic E-state index is 0.0285. The van der Waals surface area contributed by atoms with Gasteiger partial charge in [0.2, 0.25) is 0 Å². The van der Waals surface area contributed by atoms with Gasteiger partial charge in [0.15, 0.2) is 0 Å². The Balaban J connectivity index is 2.73. The molecule has 1 aromatic heterocycles. The Labute approximate surface area is 103 Å². The number of nitrogens with zero attached hydrogens (tertiary/aromatic N) is 3. The fraction of sp³-hybridized carbons (Fsp3) is 0.444. The standard InChI is InChI=1S/C9H14IN5/c1-6(8(11)12)4-15(2)9-7(10)3-13-5-14-9/h3,5-6H,4H2,1-2H3,(H3,11,12). The molecule has 0 fully saturated rings. The Kier molecular flexibility index (Phi) is 4.25. The molecule has 0 aliphatic rings. The first kappa shape index (κ1) is 12.2. The molecule has 0 radical (unpaired) electrons. The van der Waals surface area contributed by atoms with Gasteiger partial charge in [-0.2, -0.15) is 0 Å². The number of aromatic nitrogens is 2. The largest absolute Gasteiger partial charge is 0.387 e. The Bertz CT molecular complexity index is 354. The lowest BCUT2D eigenvalue weighted by Crippen LogP contribution is -2.32. The molecule has 0 aromatic carbocycles. The second-order valence-corrected chi connectivity index (χ2v) is 4.59. The highest BCUT2D eigenvalue weighted by Gasteiger charge is 2.12. The maximum absolute atomic E-state index is 7.33. The van der Waals surface area contributed by atoms with Crippen LogP contribution in [0.3, 0.4) is 0 Å². The zero-order chi connectivity index (χ0) is 11.4. The molecule has 1 rings (SSSR count). The van der Waals surface area contributed by atoms with Gasteiger partial charge in [-0.25, -0.2) is 9.97 Å². The lowest BCUT2D eigenvalue weighted by atomic mass is 10.1. The van der Waals surface area contributed by atoms with Crippen molar-refractivity contribution in [3.8, 4) is 0 Å². The predicted molar refractivity (Wildman–Crippen MR) is 69.1 cm³/mol. The molecule has 1 aromatic rings. The summed E-state index contributed by atoms with van der Waals surface area (Å²) < 4.78 is 0.994. The molecule has 0 bridgehead atoms. The summed E-state index contributed by atoms with van der Waals surface area (Å²) in [4.78, 5) is 10.1. The maximum atomic E-state index is 7.33. The summed E-state index contributed by atoms with van der Waals surface area (Å²) in [5.74, 6) is 1.10. The fourth-order valence-electron chi connectivity index (χ4n) is 1.18. The number of nitrogens with one attached hydrogen (secondary N) is 1. The third kappa shape index (κ3) is 3.29. The van der Waals surface area contributed by atoms with Gasteiger partial charge in [0.1, 0.15) is 12.1 Å². The summed E-state index contributed by atoms with van der Waals surface area (Å²) in [6.45, 7) is 2.61. The average molecular weight is 319 g/mol. The molecular formula is C9H14IN5. The molecule has 0 saturated heterocycles. The van der Waals surface area contributed by atoms with Crippen LogP contribution in [0.4, 0.5) is 5.82 Å². The molecule has 1 heterocycles. The van der Waals surface area contributed by atoms with Crippen LogP contribution in [-0.2, 0) is 0 Å². The van der Waals surface area contributed by atoms with E-state index < -0.39 is 0 Å². The van der Waals surface area contributed by atoms with Crippen LogP contribution in [-0.4, -0.2) is 29.4 Å². The summed E-state index contributed by atoms with van der Waals surface area (Å²) in [5, 5.41) is 7.33. The highest BCUT2D eigenvalue weighted by atomic mass is 127. The van der Waals surface area contributed by atoms with Crippen LogP contribution in [0.2, 0.25) is 0 Å². The van der Waals surface area contributed by atoms with Gasteiger partial charge in [-0.3, -0.25) is 5.41 Å². The van der Waals surface area contributed by atoms with Gasteiger partial charge in [-0.15, -0.1) is 0 Å². The SMILES string of the molecule is CC(CN(C)c1ncncc1I)C(=N)N. The Hall–Kier alpha value is -0.920. The Morgan fingerprint density at radius 1 is 1.73 bits per heavy atom. The normalized spacial score (nSPS) is 12.2. The van der Waals surface area contributed by atoms with Crippen molar-refractivity contribution in [2.45, 2.75) is 6.92 Å². The second-order valence-electron chi connectivity index (χ2n) is 3.43. The van der Waals surface area contributed by atoms with Crippen LogP contribution in [0, 0.1) is 14.9 Å². The number of halogens is 1. The molecule has 3 N–H and O–H groups in total. The van der Waals surface area contributed by atoms with E-state index in [2.05, 4.69) is 32.6 Å². The van der Waals surface area contributed by atoms with Crippen molar-refractivity contribution >= 4 is 34.2 Å². The maximum Gasteiger partial charge on any atom is 0.145 e. The molecule has 0 saturated carbocycles. The van der Waals surface area contributed by atoms with Crippen LogP contribution in [0.5, 0.6) is 0 Å². The first-order valence-corrected chi connectivity index (χ1v) is 5.60. The van der Waals surface area contributed by atoms with Gasteiger partial charge in [0, 0.05) is 25.7 Å². The summed E-state index contributed by atoms with van der Waals surface area (Å²) in [6, 6.07) is 0. The molecule has 1 atom stereocenters. The monoisotopic (exact) mass is 319 g/mol. The lowest BCUT2D eigenvalue weighted by molar-refractivity contribution is 0.720. The lowest BCUT2D eigenvalue weighted by Gasteiger charge is -2.22. The van der Waals surface area contributed by atoms with Crippen molar-refractivity contribution in [3.05, 3.63) is 16.1 Å². The third-order valence-electron chi connectivity index (χ3n) is 2.09. The summed E-state index contributed by atoms with van der Waals surface area (Å²) in [5.41, 5.74) is 5.42. The van der Waals surface area contributed by atoms with E-state index in [-0.39, 0.29) is 11.8 Å². The van der Waals surface area contributed by atoms with Crippen molar-refractivity contribution in [1.82, 2.24) is 9.97 Å². The van der Waals surface area contributed by atoms with Crippen molar-refractivity contribution in [1.29, 1.82) is 5.41 Å². The predicted octanol–water partition coefficient (Wildman–Crippen LogP) is 1.09. The van der Waals surface area contributed by atoms with E-state index in [0.717, 1.165) is 9.39 Å². The minimum atomic E-state index is 0.0285. The number of rotatable bonds is 4. The summed E-state index contributed by atoms with van der Waals surface area (Å²) in [6.07, 6.45) is 3.28. The topological polar surface area (TPSA) is 78.9 Å².